The van der Waals surface area contributed by atoms with E-state index in [2.05, 4.69) is 53.0 Å². The Kier molecular flexibility index (Phi) is 11.4. The first-order valence-electron chi connectivity index (χ1n) is 12.5. The largest absolute Gasteiger partial charge is 0.405 e. The Morgan fingerprint density at radius 2 is 1.67 bits per heavy atom. The fraction of sp³-hybridized carbons (Fsp3) is 0.464. The van der Waals surface area contributed by atoms with Crippen LogP contribution in [0.1, 0.15) is 69.7 Å². The second-order valence-electron chi connectivity index (χ2n) is 8.30. The van der Waals surface area contributed by atoms with Gasteiger partial charge >= 0.3 is 0 Å². The predicted molar refractivity (Wildman–Crippen MR) is 142 cm³/mol. The second-order valence-corrected chi connectivity index (χ2v) is 8.30. The van der Waals surface area contributed by atoms with Crippen molar-refractivity contribution in [2.45, 2.75) is 65.3 Å². The number of carbonyl (C=O) groups excluding carboxylic acids is 1. The highest BCUT2D eigenvalue weighted by atomic mass is 16.2. The average molecular weight is 451 g/mol. The van der Waals surface area contributed by atoms with Gasteiger partial charge in [0.1, 0.15) is 0 Å². The number of amides is 1. The molecule has 2 atom stereocenters. The Hall–Kier alpha value is -2.95. The summed E-state index contributed by atoms with van der Waals surface area (Å²) in [7, 11) is 0. The molecule has 1 heterocycles. The summed E-state index contributed by atoms with van der Waals surface area (Å²) in [5, 5.41) is 6.76. The van der Waals surface area contributed by atoms with Crippen LogP contribution in [-0.2, 0) is 0 Å². The van der Waals surface area contributed by atoms with E-state index in [1.165, 1.54) is 38.3 Å². The molecule has 1 aliphatic heterocycles. The summed E-state index contributed by atoms with van der Waals surface area (Å²) in [4.78, 5) is 15.3. The predicted octanol–water partition coefficient (Wildman–Crippen LogP) is 6.77. The monoisotopic (exact) mass is 450 g/mol. The van der Waals surface area contributed by atoms with Crippen LogP contribution >= 0.6 is 0 Å². The van der Waals surface area contributed by atoms with Gasteiger partial charge in [-0.1, -0.05) is 39.3 Å². The topological polar surface area (TPSA) is 70.4 Å². The molecule has 33 heavy (non-hydrogen) atoms. The number of benzene rings is 2. The van der Waals surface area contributed by atoms with Crippen LogP contribution in [0, 0.1) is 5.92 Å². The summed E-state index contributed by atoms with van der Waals surface area (Å²) in [6, 6.07) is 16.7. The molecule has 2 aromatic carbocycles. The third kappa shape index (κ3) is 7.55. The van der Waals surface area contributed by atoms with Crippen molar-refractivity contribution >= 4 is 23.0 Å². The lowest BCUT2D eigenvalue weighted by Gasteiger charge is -2.44. The number of hydrogen-bond donors (Lipinski definition) is 3. The highest BCUT2D eigenvalue weighted by Crippen LogP contribution is 2.36. The van der Waals surface area contributed by atoms with Crippen molar-refractivity contribution in [1.29, 1.82) is 0 Å². The number of nitrogens with two attached hydrogens (primary N) is 1. The molecule has 1 amide bonds. The summed E-state index contributed by atoms with van der Waals surface area (Å²) in [5.41, 5.74) is 8.56. The molecule has 5 nitrogen and oxygen atoms in total. The van der Waals surface area contributed by atoms with Crippen LogP contribution < -0.4 is 16.4 Å². The summed E-state index contributed by atoms with van der Waals surface area (Å²) in [5.74, 6) is 0.925. The van der Waals surface area contributed by atoms with E-state index >= 15 is 0 Å². The molecule has 1 saturated carbocycles. The lowest BCUT2D eigenvalue weighted by atomic mass is 9.78. The maximum absolute atomic E-state index is 13.1. The van der Waals surface area contributed by atoms with Crippen LogP contribution in [0.3, 0.4) is 0 Å². The number of anilines is 3. The van der Waals surface area contributed by atoms with Gasteiger partial charge in [-0.2, -0.15) is 0 Å². The van der Waals surface area contributed by atoms with Crippen LogP contribution in [-0.4, -0.2) is 29.9 Å². The lowest BCUT2D eigenvalue weighted by Crippen LogP contribution is -2.49. The van der Waals surface area contributed by atoms with Gasteiger partial charge in [0.2, 0.25) is 0 Å². The van der Waals surface area contributed by atoms with Crippen LogP contribution in [0.25, 0.3) is 0 Å². The standard InChI is InChI=1S/C24H31N3O.C2H5N.C2H6/c1-2-25-21-9-5-10-22(17-21)26-20-14-12-19(13-15-20)24(28)27-16-6-8-18-7-3-4-11-23(18)27;1-2-3;1-2/h5,9-10,12-15,17-18,23,25-26H,2-4,6-8,11,16H2,1H3;2H,1,3H2;1-2H3. The number of rotatable bonds is 5. The summed E-state index contributed by atoms with van der Waals surface area (Å²) in [6.45, 7) is 11.0. The Bertz CT molecular complexity index is 847. The highest BCUT2D eigenvalue weighted by molar-refractivity contribution is 5.95. The molecule has 1 saturated heterocycles. The van der Waals surface area contributed by atoms with E-state index in [4.69, 9.17) is 0 Å². The number of carbonyl (C=O) groups is 1. The van der Waals surface area contributed by atoms with Crippen molar-refractivity contribution in [2.75, 3.05) is 23.7 Å². The van der Waals surface area contributed by atoms with Gasteiger partial charge in [0, 0.05) is 41.8 Å². The first-order valence-corrected chi connectivity index (χ1v) is 12.5. The maximum Gasteiger partial charge on any atom is 0.254 e. The third-order valence-corrected chi connectivity index (χ3v) is 6.17. The summed E-state index contributed by atoms with van der Waals surface area (Å²) in [6.07, 6.45) is 8.76. The van der Waals surface area contributed by atoms with Gasteiger partial charge in [0.05, 0.1) is 0 Å². The number of fused-ring (bicyclic) bond motifs is 1. The van der Waals surface area contributed by atoms with Gasteiger partial charge in [-0.15, -0.1) is 0 Å². The number of hydrogen-bond acceptors (Lipinski definition) is 4. The molecule has 4 N–H and O–H groups in total. The van der Waals surface area contributed by atoms with Crippen molar-refractivity contribution in [2.24, 2.45) is 11.7 Å². The van der Waals surface area contributed by atoms with Gasteiger partial charge in [-0.3, -0.25) is 4.79 Å². The number of likely N-dealkylation sites (tertiary alicyclic amines) is 1. The van der Waals surface area contributed by atoms with E-state index in [9.17, 15) is 4.79 Å². The van der Waals surface area contributed by atoms with E-state index in [1.54, 1.807) is 0 Å². The van der Waals surface area contributed by atoms with E-state index in [-0.39, 0.29) is 5.91 Å². The molecule has 0 radical (unpaired) electrons. The van der Waals surface area contributed by atoms with Crippen molar-refractivity contribution in [3.63, 3.8) is 0 Å². The fourth-order valence-electron chi connectivity index (χ4n) is 4.82. The van der Waals surface area contributed by atoms with Gasteiger partial charge in [-0.25, -0.2) is 0 Å². The smallest absolute Gasteiger partial charge is 0.254 e. The zero-order valence-electron chi connectivity index (χ0n) is 20.6. The number of nitrogens with one attached hydrogen (secondary N) is 2. The fourth-order valence-corrected chi connectivity index (χ4v) is 4.82. The molecule has 180 valence electrons. The first kappa shape index (κ1) is 26.3. The van der Waals surface area contributed by atoms with E-state index < -0.39 is 0 Å². The maximum atomic E-state index is 13.1. The molecule has 2 fully saturated rings. The molecular formula is C28H42N4O. The van der Waals surface area contributed by atoms with Crippen molar-refractivity contribution in [1.82, 2.24) is 4.90 Å². The van der Waals surface area contributed by atoms with Gasteiger partial charge in [0.15, 0.2) is 0 Å². The minimum Gasteiger partial charge on any atom is -0.405 e. The summed E-state index contributed by atoms with van der Waals surface area (Å²) >= 11 is 0. The Morgan fingerprint density at radius 1 is 1.03 bits per heavy atom. The molecule has 1 aliphatic carbocycles. The SMILES string of the molecule is C=CN.CC.CCNc1cccc(Nc2ccc(C(=O)N3CCCC4CCCCC43)cc2)c1. The third-order valence-electron chi connectivity index (χ3n) is 6.17. The Labute approximate surface area is 200 Å². The zero-order chi connectivity index (χ0) is 24.1. The van der Waals surface area contributed by atoms with Crippen molar-refractivity contribution < 1.29 is 4.79 Å². The quantitative estimate of drug-likeness (QED) is 0.470. The van der Waals surface area contributed by atoms with Gasteiger partial charge < -0.3 is 21.3 Å². The van der Waals surface area contributed by atoms with Crippen molar-refractivity contribution in [3.05, 3.63) is 66.9 Å². The molecule has 2 unspecified atom stereocenters. The van der Waals surface area contributed by atoms with E-state index in [1.807, 2.05) is 44.2 Å². The highest BCUT2D eigenvalue weighted by Gasteiger charge is 2.35. The number of nitrogens with zero attached hydrogens (tertiary/aromatic N) is 1. The molecule has 2 aliphatic rings. The average Bonchev–Trinajstić information content (AvgIpc) is 2.86. The number of piperidine rings is 1. The van der Waals surface area contributed by atoms with Crippen LogP contribution in [0.2, 0.25) is 0 Å². The summed E-state index contributed by atoms with van der Waals surface area (Å²) < 4.78 is 0. The minimum atomic E-state index is 0.206. The van der Waals surface area contributed by atoms with Crippen LogP contribution in [0.5, 0.6) is 0 Å². The Balaban J connectivity index is 0.000000714. The molecule has 0 bridgehead atoms. The van der Waals surface area contributed by atoms with E-state index in [0.717, 1.165) is 48.1 Å². The Morgan fingerprint density at radius 3 is 2.36 bits per heavy atom. The van der Waals surface area contributed by atoms with Gasteiger partial charge in [0.25, 0.3) is 5.91 Å². The lowest BCUT2D eigenvalue weighted by molar-refractivity contribution is 0.0390. The normalized spacial score (nSPS) is 18.9. The molecule has 2 aromatic rings. The zero-order valence-corrected chi connectivity index (χ0v) is 20.6. The molecule has 0 aromatic heterocycles. The molecule has 0 spiro atoms. The van der Waals surface area contributed by atoms with Crippen LogP contribution in [0.15, 0.2) is 61.3 Å². The first-order chi connectivity index (χ1) is 16.2. The van der Waals surface area contributed by atoms with Gasteiger partial charge in [-0.05, 0) is 87.2 Å². The van der Waals surface area contributed by atoms with Crippen LogP contribution in [0.4, 0.5) is 17.1 Å². The van der Waals surface area contributed by atoms with Crippen molar-refractivity contribution in [3.8, 4) is 0 Å². The van der Waals surface area contributed by atoms with E-state index in [0.29, 0.717) is 6.04 Å². The molecular weight excluding hydrogens is 408 g/mol. The second kappa shape index (κ2) is 14.2. The molecule has 4 rings (SSSR count). The minimum absolute atomic E-state index is 0.206. The molecule has 5 heteroatoms.